The Balaban J connectivity index is 1.58. The zero-order valence-corrected chi connectivity index (χ0v) is 12.2. The molecule has 2 unspecified atom stereocenters. The third-order valence-corrected chi connectivity index (χ3v) is 4.16. The number of imide groups is 1. The van der Waals surface area contributed by atoms with E-state index in [2.05, 4.69) is 16.0 Å². The van der Waals surface area contributed by atoms with Crippen LogP contribution in [0.15, 0.2) is 24.3 Å². The number of hydrogen-bond acceptors (Lipinski definition) is 4. The topological polar surface area (TPSA) is 87.3 Å². The van der Waals surface area contributed by atoms with Crippen molar-refractivity contribution in [3.8, 4) is 0 Å². The van der Waals surface area contributed by atoms with Gasteiger partial charge in [0.2, 0.25) is 11.8 Å². The molecule has 2 saturated heterocycles. The van der Waals surface area contributed by atoms with Gasteiger partial charge >= 0.3 is 0 Å². The van der Waals surface area contributed by atoms with E-state index in [0.29, 0.717) is 12.0 Å². The highest BCUT2D eigenvalue weighted by Crippen LogP contribution is 2.17. The van der Waals surface area contributed by atoms with Crippen LogP contribution >= 0.6 is 0 Å². The standard InChI is InChI=1S/C16H19N3O3/c20-14-8-12(16(22)19-14)7-10-1-3-11(4-2-10)15(21)18-13-5-6-17-9-13/h1-4,12-13,17H,5-9H2,(H,18,21)(H,19,20,22). The van der Waals surface area contributed by atoms with Crippen molar-refractivity contribution in [2.75, 3.05) is 13.1 Å². The maximum Gasteiger partial charge on any atom is 0.251 e. The van der Waals surface area contributed by atoms with Crippen molar-refractivity contribution in [2.24, 2.45) is 5.92 Å². The van der Waals surface area contributed by atoms with Crippen molar-refractivity contribution in [1.29, 1.82) is 0 Å². The highest BCUT2D eigenvalue weighted by atomic mass is 16.2. The van der Waals surface area contributed by atoms with Crippen molar-refractivity contribution >= 4 is 17.7 Å². The lowest BCUT2D eigenvalue weighted by Gasteiger charge is -2.12. The summed E-state index contributed by atoms with van der Waals surface area (Å²) in [6.45, 7) is 1.75. The molecule has 116 valence electrons. The number of benzene rings is 1. The Kier molecular flexibility index (Phi) is 4.20. The minimum Gasteiger partial charge on any atom is -0.348 e. The molecule has 3 rings (SSSR count). The van der Waals surface area contributed by atoms with Gasteiger partial charge in [-0.2, -0.15) is 0 Å². The van der Waals surface area contributed by atoms with E-state index in [1.165, 1.54) is 0 Å². The Morgan fingerprint density at radius 2 is 2.00 bits per heavy atom. The van der Waals surface area contributed by atoms with E-state index in [1.807, 2.05) is 12.1 Å². The maximum absolute atomic E-state index is 12.1. The number of amides is 3. The van der Waals surface area contributed by atoms with Crippen LogP contribution in [0, 0.1) is 5.92 Å². The van der Waals surface area contributed by atoms with Gasteiger partial charge in [-0.25, -0.2) is 0 Å². The molecule has 0 saturated carbocycles. The summed E-state index contributed by atoms with van der Waals surface area (Å²) < 4.78 is 0. The minimum atomic E-state index is -0.295. The molecular formula is C16H19N3O3. The monoisotopic (exact) mass is 301 g/mol. The van der Waals surface area contributed by atoms with Gasteiger partial charge < -0.3 is 10.6 Å². The summed E-state index contributed by atoms with van der Waals surface area (Å²) in [5.74, 6) is -0.789. The molecule has 0 aliphatic carbocycles. The first-order valence-corrected chi connectivity index (χ1v) is 7.56. The van der Waals surface area contributed by atoms with Gasteiger partial charge in [-0.1, -0.05) is 12.1 Å². The molecular weight excluding hydrogens is 282 g/mol. The number of nitrogens with one attached hydrogen (secondary N) is 3. The first kappa shape index (κ1) is 14.7. The molecule has 6 heteroatoms. The van der Waals surface area contributed by atoms with Crippen LogP contribution in [0.1, 0.15) is 28.8 Å². The molecule has 2 heterocycles. The third-order valence-electron chi connectivity index (χ3n) is 4.16. The molecule has 0 bridgehead atoms. The summed E-state index contributed by atoms with van der Waals surface area (Å²) in [6, 6.07) is 7.42. The predicted molar refractivity (Wildman–Crippen MR) is 80.1 cm³/mol. The molecule has 2 aliphatic rings. The van der Waals surface area contributed by atoms with E-state index in [-0.39, 0.29) is 36.1 Å². The van der Waals surface area contributed by atoms with Gasteiger partial charge in [0.05, 0.1) is 5.92 Å². The summed E-state index contributed by atoms with van der Waals surface area (Å²) >= 11 is 0. The average molecular weight is 301 g/mol. The van der Waals surface area contributed by atoms with Crippen LogP contribution in [-0.4, -0.2) is 36.9 Å². The maximum atomic E-state index is 12.1. The number of carbonyl (C=O) groups excluding carboxylic acids is 3. The Morgan fingerprint density at radius 3 is 2.59 bits per heavy atom. The fourth-order valence-electron chi connectivity index (χ4n) is 2.90. The largest absolute Gasteiger partial charge is 0.348 e. The minimum absolute atomic E-state index is 0.0750. The van der Waals surface area contributed by atoms with Gasteiger partial charge in [0.15, 0.2) is 0 Å². The highest BCUT2D eigenvalue weighted by molar-refractivity contribution is 6.03. The molecule has 3 amide bonds. The molecule has 2 aliphatic heterocycles. The molecule has 0 radical (unpaired) electrons. The Labute approximate surface area is 128 Å². The van der Waals surface area contributed by atoms with E-state index in [4.69, 9.17) is 0 Å². The second-order valence-corrected chi connectivity index (χ2v) is 5.88. The number of carbonyl (C=O) groups is 3. The lowest BCUT2D eigenvalue weighted by molar-refractivity contribution is -0.125. The summed E-state index contributed by atoms with van der Waals surface area (Å²) in [6.07, 6.45) is 1.72. The van der Waals surface area contributed by atoms with Crippen LogP contribution < -0.4 is 16.0 Å². The van der Waals surface area contributed by atoms with Crippen LogP contribution in [-0.2, 0) is 16.0 Å². The second-order valence-electron chi connectivity index (χ2n) is 5.88. The van der Waals surface area contributed by atoms with Gasteiger partial charge in [-0.15, -0.1) is 0 Å². The average Bonchev–Trinajstić information content (AvgIpc) is 3.10. The lowest BCUT2D eigenvalue weighted by atomic mass is 9.97. The lowest BCUT2D eigenvalue weighted by Crippen LogP contribution is -2.36. The molecule has 2 atom stereocenters. The molecule has 6 nitrogen and oxygen atoms in total. The summed E-state index contributed by atoms with van der Waals surface area (Å²) in [5, 5.41) is 8.51. The van der Waals surface area contributed by atoms with Crippen LogP contribution in [0.25, 0.3) is 0 Å². The second kappa shape index (κ2) is 6.27. The molecule has 0 spiro atoms. The first-order chi connectivity index (χ1) is 10.6. The van der Waals surface area contributed by atoms with Gasteiger partial charge in [0.1, 0.15) is 0 Å². The number of rotatable bonds is 4. The fraction of sp³-hybridized carbons (Fsp3) is 0.438. The quantitative estimate of drug-likeness (QED) is 0.682. The molecule has 0 aromatic heterocycles. The molecule has 2 fully saturated rings. The smallest absolute Gasteiger partial charge is 0.251 e. The SMILES string of the molecule is O=C1CC(Cc2ccc(C(=O)NC3CCNC3)cc2)C(=O)N1. The summed E-state index contributed by atoms with van der Waals surface area (Å²) in [4.78, 5) is 34.8. The van der Waals surface area contributed by atoms with Crippen molar-refractivity contribution in [3.05, 3.63) is 35.4 Å². The van der Waals surface area contributed by atoms with Gasteiger partial charge in [0.25, 0.3) is 5.91 Å². The zero-order valence-electron chi connectivity index (χ0n) is 12.2. The predicted octanol–water partition coefficient (Wildman–Crippen LogP) is -0.0165. The summed E-state index contributed by atoms with van der Waals surface area (Å²) in [7, 11) is 0. The van der Waals surface area contributed by atoms with E-state index in [9.17, 15) is 14.4 Å². The van der Waals surface area contributed by atoms with Gasteiger partial charge in [0, 0.05) is 24.6 Å². The first-order valence-electron chi connectivity index (χ1n) is 7.56. The van der Waals surface area contributed by atoms with Crippen molar-refractivity contribution in [1.82, 2.24) is 16.0 Å². The zero-order chi connectivity index (χ0) is 15.5. The normalized spacial score (nSPS) is 24.4. The molecule has 22 heavy (non-hydrogen) atoms. The Morgan fingerprint density at radius 1 is 1.23 bits per heavy atom. The third kappa shape index (κ3) is 3.33. The van der Waals surface area contributed by atoms with E-state index >= 15 is 0 Å². The van der Waals surface area contributed by atoms with Gasteiger partial charge in [-0.05, 0) is 37.1 Å². The molecule has 3 N–H and O–H groups in total. The van der Waals surface area contributed by atoms with E-state index < -0.39 is 0 Å². The van der Waals surface area contributed by atoms with Crippen molar-refractivity contribution < 1.29 is 14.4 Å². The van der Waals surface area contributed by atoms with Crippen LogP contribution in [0.3, 0.4) is 0 Å². The van der Waals surface area contributed by atoms with Crippen molar-refractivity contribution in [3.63, 3.8) is 0 Å². The Hall–Kier alpha value is -2.21. The fourth-order valence-corrected chi connectivity index (χ4v) is 2.90. The number of hydrogen-bond donors (Lipinski definition) is 3. The summed E-state index contributed by atoms with van der Waals surface area (Å²) in [5.41, 5.74) is 1.57. The van der Waals surface area contributed by atoms with Gasteiger partial charge in [-0.3, -0.25) is 19.7 Å². The van der Waals surface area contributed by atoms with Crippen LogP contribution in [0.2, 0.25) is 0 Å². The Bertz CT molecular complexity index is 591. The molecule has 1 aromatic carbocycles. The van der Waals surface area contributed by atoms with Crippen LogP contribution in [0.4, 0.5) is 0 Å². The molecule has 1 aromatic rings. The van der Waals surface area contributed by atoms with Crippen molar-refractivity contribution in [2.45, 2.75) is 25.3 Å². The van der Waals surface area contributed by atoms with Crippen LogP contribution in [0.5, 0.6) is 0 Å². The highest BCUT2D eigenvalue weighted by Gasteiger charge is 2.30. The van der Waals surface area contributed by atoms with E-state index in [0.717, 1.165) is 25.1 Å². The van der Waals surface area contributed by atoms with E-state index in [1.54, 1.807) is 12.1 Å².